The molecule has 3 fully saturated rings. The van der Waals surface area contributed by atoms with Crippen molar-refractivity contribution in [3.63, 3.8) is 0 Å². The molecule has 11 heteroatoms. The summed E-state index contributed by atoms with van der Waals surface area (Å²) >= 11 is 0. The summed E-state index contributed by atoms with van der Waals surface area (Å²) in [7, 11) is 0. The van der Waals surface area contributed by atoms with E-state index in [1.807, 2.05) is 13.8 Å². The normalized spacial score (nSPS) is 37.4. The van der Waals surface area contributed by atoms with Crippen LogP contribution in [0.25, 0.3) is 0 Å². The van der Waals surface area contributed by atoms with Gasteiger partial charge in [0.15, 0.2) is 18.1 Å². The molecule has 0 saturated heterocycles. The molecule has 0 aromatic heterocycles. The van der Waals surface area contributed by atoms with Gasteiger partial charge in [-0.3, -0.25) is 14.4 Å². The van der Waals surface area contributed by atoms with Gasteiger partial charge in [0.05, 0.1) is 19.3 Å². The number of aliphatic hydroxyl groups excluding tert-OH is 2. The Morgan fingerprint density at radius 1 is 0.977 bits per heavy atom. The maximum Gasteiger partial charge on any atom is 0.332 e. The summed E-state index contributed by atoms with van der Waals surface area (Å²) in [6.45, 7) is 6.98. The van der Waals surface area contributed by atoms with Crippen molar-refractivity contribution >= 4 is 23.5 Å². The summed E-state index contributed by atoms with van der Waals surface area (Å²) in [5.41, 5.74) is -6.41. The quantitative estimate of drug-likeness (QED) is 0.219. The number of esters is 2. The lowest BCUT2D eigenvalue weighted by molar-refractivity contribution is -0.232. The smallest absolute Gasteiger partial charge is 0.332 e. The number of fused-ring (bicyclic) bond motifs is 5. The molecule has 4 aliphatic rings. The van der Waals surface area contributed by atoms with Crippen LogP contribution in [0.4, 0.5) is 4.39 Å². The Bertz CT molecular complexity index is 1180. The lowest BCUT2D eigenvalue weighted by Gasteiger charge is -2.62. The number of carbonyl (C=O) groups is 4. The lowest BCUT2D eigenvalue weighted by Crippen LogP contribution is -2.70. The molecule has 3 saturated carbocycles. The van der Waals surface area contributed by atoms with Crippen LogP contribution in [0.3, 0.4) is 0 Å². The van der Waals surface area contributed by atoms with Crippen molar-refractivity contribution in [3.05, 3.63) is 23.8 Å². The van der Waals surface area contributed by atoms with Crippen LogP contribution in [0.2, 0.25) is 0 Å². The third-order valence-corrected chi connectivity index (χ3v) is 10.6. The fourth-order valence-electron chi connectivity index (χ4n) is 8.32. The molecule has 4 rings (SSSR count). The van der Waals surface area contributed by atoms with E-state index < -0.39 is 77.1 Å². The SMILES string of the molecule is CCCCC(=O)OC1(C(=O)COC(=O)COCCOCCC)C(O)CC2C3CCC4=CC(=O)C=CC4(C)C3(F)C(O)CC21C. The molecule has 0 spiro atoms. The minimum atomic E-state index is -2.20. The van der Waals surface area contributed by atoms with Crippen LogP contribution in [-0.4, -0.2) is 90.2 Å². The highest BCUT2D eigenvalue weighted by atomic mass is 19.1. The zero-order chi connectivity index (χ0) is 32.3. The largest absolute Gasteiger partial charge is 0.456 e. The van der Waals surface area contributed by atoms with E-state index in [2.05, 4.69) is 0 Å². The number of hydrogen-bond donors (Lipinski definition) is 2. The fraction of sp³-hybridized carbons (Fsp3) is 0.758. The van der Waals surface area contributed by atoms with Crippen molar-refractivity contribution in [1.82, 2.24) is 0 Å². The van der Waals surface area contributed by atoms with Crippen molar-refractivity contribution in [1.29, 1.82) is 0 Å². The molecule has 0 bridgehead atoms. The number of hydrogen-bond acceptors (Lipinski definition) is 10. The summed E-state index contributed by atoms with van der Waals surface area (Å²) in [4.78, 5) is 51.7. The average Bonchev–Trinajstić information content (AvgIpc) is 3.19. The van der Waals surface area contributed by atoms with E-state index in [-0.39, 0.29) is 38.1 Å². The first kappa shape index (κ1) is 34.4. The lowest BCUT2D eigenvalue weighted by atomic mass is 9.44. The number of allylic oxidation sites excluding steroid dienone is 4. The van der Waals surface area contributed by atoms with Gasteiger partial charge in [0.2, 0.25) is 11.4 Å². The van der Waals surface area contributed by atoms with Crippen LogP contribution in [-0.2, 0) is 38.1 Å². The number of unbranched alkanes of at least 4 members (excludes halogenated alkanes) is 1. The van der Waals surface area contributed by atoms with Gasteiger partial charge in [-0.15, -0.1) is 0 Å². The first-order valence-corrected chi connectivity index (χ1v) is 15.9. The van der Waals surface area contributed by atoms with Crippen molar-refractivity contribution in [3.8, 4) is 0 Å². The van der Waals surface area contributed by atoms with Crippen LogP contribution >= 0.6 is 0 Å². The third-order valence-electron chi connectivity index (χ3n) is 10.6. The molecular weight excluding hydrogens is 575 g/mol. The number of Topliss-reactive ketones (excluding diaryl/α,β-unsaturated/α-hetero) is 1. The van der Waals surface area contributed by atoms with Crippen LogP contribution in [0.1, 0.15) is 79.1 Å². The summed E-state index contributed by atoms with van der Waals surface area (Å²) in [5.74, 6) is -4.08. The van der Waals surface area contributed by atoms with E-state index in [1.54, 1.807) is 13.8 Å². The van der Waals surface area contributed by atoms with Crippen molar-refractivity contribution < 1.29 is 52.7 Å². The van der Waals surface area contributed by atoms with Crippen LogP contribution in [0.5, 0.6) is 0 Å². The van der Waals surface area contributed by atoms with E-state index in [0.717, 1.165) is 6.42 Å². The number of ketones is 2. The predicted octanol–water partition coefficient (Wildman–Crippen LogP) is 3.36. The van der Waals surface area contributed by atoms with Gasteiger partial charge in [-0.1, -0.05) is 38.8 Å². The van der Waals surface area contributed by atoms with E-state index in [0.29, 0.717) is 38.0 Å². The first-order valence-electron chi connectivity index (χ1n) is 15.9. The number of carbonyl (C=O) groups excluding carboxylic acids is 4. The highest BCUT2D eigenvalue weighted by Crippen LogP contribution is 2.70. The topological polar surface area (TPSA) is 146 Å². The van der Waals surface area contributed by atoms with Gasteiger partial charge in [0, 0.05) is 29.8 Å². The summed E-state index contributed by atoms with van der Waals surface area (Å²) in [6.07, 6.45) is 3.47. The van der Waals surface area contributed by atoms with Gasteiger partial charge in [0.25, 0.3) is 0 Å². The molecule has 0 aromatic rings. The maximum absolute atomic E-state index is 17.5. The van der Waals surface area contributed by atoms with Crippen molar-refractivity contribution in [2.24, 2.45) is 22.7 Å². The molecular formula is C33H47FO10. The van der Waals surface area contributed by atoms with Crippen molar-refractivity contribution in [2.45, 2.75) is 103 Å². The molecule has 8 atom stereocenters. The van der Waals surface area contributed by atoms with Gasteiger partial charge in [-0.25, -0.2) is 9.18 Å². The molecule has 10 nitrogen and oxygen atoms in total. The molecule has 0 radical (unpaired) electrons. The Balaban J connectivity index is 1.61. The van der Waals surface area contributed by atoms with E-state index in [9.17, 15) is 29.4 Å². The maximum atomic E-state index is 17.5. The van der Waals surface area contributed by atoms with Crippen LogP contribution in [0.15, 0.2) is 23.8 Å². The zero-order valence-corrected chi connectivity index (χ0v) is 26.3. The van der Waals surface area contributed by atoms with Crippen LogP contribution < -0.4 is 0 Å². The third kappa shape index (κ3) is 5.69. The Kier molecular flexibility index (Phi) is 10.5. The number of ether oxygens (including phenoxy) is 4. The minimum Gasteiger partial charge on any atom is -0.456 e. The Hall–Kier alpha value is -2.47. The van der Waals surface area contributed by atoms with Gasteiger partial charge < -0.3 is 29.2 Å². The number of halogens is 1. The van der Waals surface area contributed by atoms with Gasteiger partial charge in [0.1, 0.15) is 12.7 Å². The number of aliphatic hydroxyl groups is 2. The second-order valence-corrected chi connectivity index (χ2v) is 13.1. The van der Waals surface area contributed by atoms with Gasteiger partial charge in [-0.05, 0) is 63.5 Å². The standard InChI is InChI=1S/C33H47FO10/c1-5-7-8-28(39)44-33(27(38)19-43-29(40)20-42-15-14-41-13-6-2)25(36)17-24-23-10-9-21-16-22(35)11-12-30(21,3)32(23,34)26(37)18-31(24,33)4/h11-12,16,23-26,36-37H,5-10,13-15,17-20H2,1-4H3. The Morgan fingerprint density at radius 3 is 2.41 bits per heavy atom. The molecule has 0 aromatic carbocycles. The molecule has 4 aliphatic carbocycles. The highest BCUT2D eigenvalue weighted by molar-refractivity contribution is 6.01. The Labute approximate surface area is 258 Å². The zero-order valence-electron chi connectivity index (χ0n) is 26.3. The summed E-state index contributed by atoms with van der Waals surface area (Å²) in [5, 5.41) is 23.3. The van der Waals surface area contributed by atoms with Gasteiger partial charge in [-0.2, -0.15) is 0 Å². The monoisotopic (exact) mass is 622 g/mol. The van der Waals surface area contributed by atoms with E-state index in [1.165, 1.54) is 18.2 Å². The van der Waals surface area contributed by atoms with E-state index in [4.69, 9.17) is 18.9 Å². The summed E-state index contributed by atoms with van der Waals surface area (Å²) < 4.78 is 39.2. The number of alkyl halides is 1. The second kappa shape index (κ2) is 13.5. The molecule has 0 heterocycles. The number of rotatable bonds is 14. The molecule has 0 aliphatic heterocycles. The molecule has 0 amide bonds. The average molecular weight is 623 g/mol. The van der Waals surface area contributed by atoms with Gasteiger partial charge >= 0.3 is 11.9 Å². The fourth-order valence-corrected chi connectivity index (χ4v) is 8.32. The van der Waals surface area contributed by atoms with E-state index >= 15 is 4.39 Å². The summed E-state index contributed by atoms with van der Waals surface area (Å²) in [6, 6.07) is 0. The van der Waals surface area contributed by atoms with Crippen molar-refractivity contribution in [2.75, 3.05) is 33.0 Å². The first-order chi connectivity index (χ1) is 20.8. The Morgan fingerprint density at radius 2 is 1.70 bits per heavy atom. The molecule has 8 unspecified atom stereocenters. The molecule has 44 heavy (non-hydrogen) atoms. The second-order valence-electron chi connectivity index (χ2n) is 13.1. The minimum absolute atomic E-state index is 0.00317. The predicted molar refractivity (Wildman–Crippen MR) is 156 cm³/mol. The van der Waals surface area contributed by atoms with Crippen LogP contribution in [0, 0.1) is 22.7 Å². The molecule has 2 N–H and O–H groups in total. The molecule has 246 valence electrons. The highest BCUT2D eigenvalue weighted by Gasteiger charge is 2.78.